The molecule has 0 fully saturated rings. The molecule has 4 heteroatoms. The van der Waals surface area contributed by atoms with Crippen LogP contribution in [-0.2, 0) is 0 Å². The molecule has 14 aromatic rings. The summed E-state index contributed by atoms with van der Waals surface area (Å²) in [5, 5.41) is 14.6. The van der Waals surface area contributed by atoms with E-state index in [4.69, 9.17) is 9.97 Å². The SMILES string of the molecule is c1cc(-n2c3ccccc3c3cc4ccc(-n5c6ccccc6c6ccccc65)cc4cc32)c2ccc(-c3nc4ccccc4nc3-c3ccc4ccc5ccccc5c4c3)cc2c1. The first kappa shape index (κ1) is 35.0. The zero-order valence-corrected chi connectivity index (χ0v) is 34.6. The van der Waals surface area contributed by atoms with Gasteiger partial charge in [0.2, 0.25) is 0 Å². The van der Waals surface area contributed by atoms with E-state index >= 15 is 0 Å². The molecule has 3 heterocycles. The minimum absolute atomic E-state index is 0.868. The summed E-state index contributed by atoms with van der Waals surface area (Å²) in [6, 6.07) is 79.2. The number of benzene rings is 11. The molecule has 0 N–H and O–H groups in total. The monoisotopic (exact) mass is 812 g/mol. The number of nitrogens with zero attached hydrogens (tertiary/aromatic N) is 4. The summed E-state index contributed by atoms with van der Waals surface area (Å²) in [5.74, 6) is 0. The van der Waals surface area contributed by atoms with Crippen LogP contribution in [0.2, 0.25) is 0 Å². The van der Waals surface area contributed by atoms with Crippen LogP contribution in [0.15, 0.2) is 218 Å². The first-order valence-electron chi connectivity index (χ1n) is 21.9. The molecule has 0 radical (unpaired) electrons. The average Bonchev–Trinajstić information content (AvgIpc) is 3.86. The van der Waals surface area contributed by atoms with Gasteiger partial charge in [-0.2, -0.15) is 0 Å². The van der Waals surface area contributed by atoms with Gasteiger partial charge in [0, 0.05) is 43.7 Å². The van der Waals surface area contributed by atoms with Crippen molar-refractivity contribution in [2.75, 3.05) is 0 Å². The Kier molecular flexibility index (Phi) is 7.36. The lowest BCUT2D eigenvalue weighted by molar-refractivity contribution is 1.18. The Balaban J connectivity index is 0.956. The Bertz CT molecular complexity index is 4210. The highest BCUT2D eigenvalue weighted by atomic mass is 15.0. The van der Waals surface area contributed by atoms with Gasteiger partial charge in [0.1, 0.15) is 0 Å². The molecule has 4 nitrogen and oxygen atoms in total. The summed E-state index contributed by atoms with van der Waals surface area (Å²) < 4.78 is 4.86. The second kappa shape index (κ2) is 13.4. The fourth-order valence-corrected chi connectivity index (χ4v) is 10.5. The van der Waals surface area contributed by atoms with Crippen molar-refractivity contribution in [1.29, 1.82) is 0 Å². The molecule has 0 spiro atoms. The van der Waals surface area contributed by atoms with Crippen LogP contribution in [-0.4, -0.2) is 19.1 Å². The van der Waals surface area contributed by atoms with Crippen molar-refractivity contribution < 1.29 is 0 Å². The van der Waals surface area contributed by atoms with E-state index in [2.05, 4.69) is 215 Å². The highest BCUT2D eigenvalue weighted by molar-refractivity contribution is 6.16. The van der Waals surface area contributed by atoms with Gasteiger partial charge < -0.3 is 9.13 Å². The molecule has 14 rings (SSSR count). The Labute approximate surface area is 367 Å². The largest absolute Gasteiger partial charge is 0.309 e. The molecule has 0 saturated carbocycles. The summed E-state index contributed by atoms with van der Waals surface area (Å²) in [4.78, 5) is 10.7. The van der Waals surface area contributed by atoms with Gasteiger partial charge in [0.15, 0.2) is 0 Å². The van der Waals surface area contributed by atoms with E-state index in [9.17, 15) is 0 Å². The van der Waals surface area contributed by atoms with E-state index in [1.165, 1.54) is 81.3 Å². The van der Waals surface area contributed by atoms with E-state index in [0.717, 1.165) is 50.3 Å². The topological polar surface area (TPSA) is 35.6 Å². The normalized spacial score (nSPS) is 12.1. The van der Waals surface area contributed by atoms with Gasteiger partial charge in [-0.3, -0.25) is 0 Å². The van der Waals surface area contributed by atoms with E-state index in [1.54, 1.807) is 0 Å². The maximum Gasteiger partial charge on any atom is 0.0973 e. The Morgan fingerprint density at radius 3 is 1.55 bits per heavy atom. The first-order valence-corrected chi connectivity index (χ1v) is 21.9. The third-order valence-electron chi connectivity index (χ3n) is 13.4. The van der Waals surface area contributed by atoms with Gasteiger partial charge >= 0.3 is 0 Å². The highest BCUT2D eigenvalue weighted by Crippen LogP contribution is 2.41. The molecular weight excluding hydrogens is 777 g/mol. The number of rotatable bonds is 4. The molecule has 0 aliphatic rings. The molecule has 11 aromatic carbocycles. The molecule has 64 heavy (non-hydrogen) atoms. The average molecular weight is 813 g/mol. The fourth-order valence-electron chi connectivity index (χ4n) is 10.5. The van der Waals surface area contributed by atoms with Crippen molar-refractivity contribution in [1.82, 2.24) is 19.1 Å². The number of hydrogen-bond acceptors (Lipinski definition) is 2. The van der Waals surface area contributed by atoms with Crippen LogP contribution in [0.1, 0.15) is 0 Å². The zero-order valence-electron chi connectivity index (χ0n) is 34.6. The highest BCUT2D eigenvalue weighted by Gasteiger charge is 2.19. The molecule has 0 amide bonds. The van der Waals surface area contributed by atoms with Crippen LogP contribution < -0.4 is 0 Å². The van der Waals surface area contributed by atoms with Gasteiger partial charge in [-0.1, -0.05) is 146 Å². The Hall–Kier alpha value is -8.60. The van der Waals surface area contributed by atoms with Gasteiger partial charge in [0.25, 0.3) is 0 Å². The predicted molar refractivity (Wildman–Crippen MR) is 269 cm³/mol. The number of fused-ring (bicyclic) bond motifs is 12. The van der Waals surface area contributed by atoms with E-state index < -0.39 is 0 Å². The molecule has 296 valence electrons. The maximum atomic E-state index is 5.34. The Morgan fingerprint density at radius 2 is 0.812 bits per heavy atom. The van der Waals surface area contributed by atoms with Crippen LogP contribution >= 0.6 is 0 Å². The van der Waals surface area contributed by atoms with Gasteiger partial charge in [-0.05, 0) is 110 Å². The molecule has 0 atom stereocenters. The first-order chi connectivity index (χ1) is 31.7. The molecule has 0 saturated heterocycles. The van der Waals surface area contributed by atoms with Gasteiger partial charge in [-0.25, -0.2) is 9.97 Å². The third-order valence-corrected chi connectivity index (χ3v) is 13.4. The van der Waals surface area contributed by atoms with Gasteiger partial charge in [0.05, 0.1) is 50.2 Å². The predicted octanol–water partition coefficient (Wildman–Crippen LogP) is 15.8. The van der Waals surface area contributed by atoms with Crippen molar-refractivity contribution in [3.05, 3.63) is 218 Å². The minimum Gasteiger partial charge on any atom is -0.309 e. The lowest BCUT2D eigenvalue weighted by Gasteiger charge is -2.15. The summed E-state index contributed by atoms with van der Waals surface area (Å²) >= 11 is 0. The van der Waals surface area contributed by atoms with Gasteiger partial charge in [-0.15, -0.1) is 0 Å². The Morgan fingerprint density at radius 1 is 0.266 bits per heavy atom. The van der Waals surface area contributed by atoms with E-state index in [-0.39, 0.29) is 0 Å². The third kappa shape index (κ3) is 5.17. The maximum absolute atomic E-state index is 5.34. The smallest absolute Gasteiger partial charge is 0.0973 e. The molecule has 0 bridgehead atoms. The van der Waals surface area contributed by atoms with Crippen molar-refractivity contribution in [2.24, 2.45) is 0 Å². The number of para-hydroxylation sites is 5. The lowest BCUT2D eigenvalue weighted by atomic mass is 9.96. The van der Waals surface area contributed by atoms with Crippen LogP contribution in [0.25, 0.3) is 132 Å². The van der Waals surface area contributed by atoms with Crippen LogP contribution in [0, 0.1) is 0 Å². The van der Waals surface area contributed by atoms with Crippen LogP contribution in [0.4, 0.5) is 0 Å². The summed E-state index contributed by atoms with van der Waals surface area (Å²) in [6.45, 7) is 0. The summed E-state index contributed by atoms with van der Waals surface area (Å²) in [7, 11) is 0. The second-order valence-electron chi connectivity index (χ2n) is 17.0. The van der Waals surface area contributed by atoms with Crippen molar-refractivity contribution in [3.8, 4) is 33.9 Å². The van der Waals surface area contributed by atoms with Crippen molar-refractivity contribution in [3.63, 3.8) is 0 Å². The minimum atomic E-state index is 0.868. The quantitative estimate of drug-likeness (QED) is 0.166. The van der Waals surface area contributed by atoms with Crippen LogP contribution in [0.5, 0.6) is 0 Å². The van der Waals surface area contributed by atoms with E-state index in [0.29, 0.717) is 0 Å². The molecule has 0 aliphatic carbocycles. The zero-order chi connectivity index (χ0) is 41.9. The van der Waals surface area contributed by atoms with Crippen molar-refractivity contribution in [2.45, 2.75) is 0 Å². The molecular formula is C60H36N4. The van der Waals surface area contributed by atoms with E-state index in [1.807, 2.05) is 12.1 Å². The van der Waals surface area contributed by atoms with Crippen molar-refractivity contribution >= 4 is 97.7 Å². The molecule has 0 unspecified atom stereocenters. The number of hydrogen-bond donors (Lipinski definition) is 0. The lowest BCUT2D eigenvalue weighted by Crippen LogP contribution is -1.97. The molecule has 3 aromatic heterocycles. The number of aromatic nitrogens is 4. The standard InChI is InChI=1S/C60H36N4/c1-2-14-45-37(12-1)24-25-38-26-27-42(35-50(38)45)60-59(61-52-18-6-7-19-53(52)62-60)41-29-31-46-40(32-41)13-11-23-54(46)64-57-22-10-5-17-49(57)51-34-39-28-30-44(33-43(39)36-58(51)64)63-55-20-8-3-15-47(55)48-16-4-9-21-56(48)63/h1-36H. The fraction of sp³-hybridized carbons (Fsp3) is 0. The molecule has 0 aliphatic heterocycles. The second-order valence-corrected chi connectivity index (χ2v) is 17.0. The summed E-state index contributed by atoms with van der Waals surface area (Å²) in [6.07, 6.45) is 0. The summed E-state index contributed by atoms with van der Waals surface area (Å²) in [5.41, 5.74) is 12.6. The van der Waals surface area contributed by atoms with Crippen LogP contribution in [0.3, 0.4) is 0 Å².